The fraction of sp³-hybridized carbons (Fsp3) is 0.304. The lowest BCUT2D eigenvalue weighted by molar-refractivity contribution is 0.0668. The van der Waals surface area contributed by atoms with Crippen LogP contribution in [-0.4, -0.2) is 34.1 Å². The van der Waals surface area contributed by atoms with E-state index >= 15 is 0 Å². The van der Waals surface area contributed by atoms with Crippen LogP contribution in [0.15, 0.2) is 60.8 Å². The van der Waals surface area contributed by atoms with Gasteiger partial charge >= 0.3 is 0 Å². The zero-order chi connectivity index (χ0) is 19.3. The first-order chi connectivity index (χ1) is 13.7. The van der Waals surface area contributed by atoms with Crippen molar-refractivity contribution in [2.75, 3.05) is 13.1 Å². The number of piperidine rings is 1. The molecule has 0 spiro atoms. The minimum Gasteiger partial charge on any atom is -0.338 e. The van der Waals surface area contributed by atoms with Crippen LogP contribution in [-0.2, 0) is 6.42 Å². The molecular weight excluding hydrogens is 353 g/mol. The molecule has 1 saturated heterocycles. The van der Waals surface area contributed by atoms with E-state index in [-0.39, 0.29) is 11.7 Å². The van der Waals surface area contributed by atoms with Gasteiger partial charge in [0.2, 0.25) is 0 Å². The number of hydrogen-bond donors (Lipinski definition) is 1. The summed E-state index contributed by atoms with van der Waals surface area (Å²) in [6.07, 6.45) is 5.43. The zero-order valence-electron chi connectivity index (χ0n) is 15.8. The highest BCUT2D eigenvalue weighted by Crippen LogP contribution is 2.24. The maximum absolute atomic E-state index is 13.8. The number of nitrogens with one attached hydrogen (secondary N) is 1. The Balaban J connectivity index is 1.37. The van der Waals surface area contributed by atoms with Crippen LogP contribution in [0.25, 0.3) is 11.3 Å². The monoisotopic (exact) mass is 377 g/mol. The summed E-state index contributed by atoms with van der Waals surface area (Å²) in [5, 5.41) is 6.89. The molecule has 4 rings (SSSR count). The van der Waals surface area contributed by atoms with Crippen LogP contribution in [0.4, 0.5) is 4.39 Å². The molecule has 1 amide bonds. The maximum Gasteiger partial charge on any atom is 0.253 e. The third-order valence-corrected chi connectivity index (χ3v) is 5.53. The van der Waals surface area contributed by atoms with Crippen LogP contribution in [0.1, 0.15) is 35.2 Å². The second-order valence-corrected chi connectivity index (χ2v) is 7.44. The fourth-order valence-electron chi connectivity index (χ4n) is 3.94. The average molecular weight is 377 g/mol. The number of carbonyl (C=O) groups excluding carboxylic acids is 1. The molecule has 144 valence electrons. The van der Waals surface area contributed by atoms with E-state index in [9.17, 15) is 9.18 Å². The lowest BCUT2D eigenvalue weighted by atomic mass is 9.91. The third-order valence-electron chi connectivity index (χ3n) is 5.53. The fourth-order valence-corrected chi connectivity index (χ4v) is 3.94. The van der Waals surface area contributed by atoms with Crippen LogP contribution >= 0.6 is 0 Å². The lowest BCUT2D eigenvalue weighted by Gasteiger charge is -2.33. The van der Waals surface area contributed by atoms with Crippen molar-refractivity contribution in [3.8, 4) is 11.3 Å². The zero-order valence-corrected chi connectivity index (χ0v) is 15.8. The van der Waals surface area contributed by atoms with Gasteiger partial charge in [-0.3, -0.25) is 9.89 Å². The number of aryl methyl sites for hydroxylation is 1. The first-order valence-corrected chi connectivity index (χ1v) is 9.83. The summed E-state index contributed by atoms with van der Waals surface area (Å²) in [5.41, 5.74) is 3.42. The number of H-pyrrole nitrogens is 1. The van der Waals surface area contributed by atoms with Gasteiger partial charge in [-0.1, -0.05) is 30.3 Å². The molecule has 1 unspecified atom stereocenters. The molecule has 1 fully saturated rings. The minimum absolute atomic E-state index is 0.0757. The Morgan fingerprint density at radius 2 is 1.96 bits per heavy atom. The third kappa shape index (κ3) is 4.14. The highest BCUT2D eigenvalue weighted by atomic mass is 19.1. The van der Waals surface area contributed by atoms with Gasteiger partial charge in [0.15, 0.2) is 0 Å². The first kappa shape index (κ1) is 18.4. The predicted octanol–water partition coefficient (Wildman–Crippen LogP) is 4.70. The largest absolute Gasteiger partial charge is 0.338 e. The standard InChI is InChI=1S/C23H24FN3O/c24-21-6-2-1-5-18(21)8-7-17-4-3-15-27(16-17)23(28)20-11-9-19(10-12-20)22-13-14-25-26-22/h1-2,5-6,9-14,17H,3-4,7-8,15-16H2,(H,25,26). The molecule has 5 heteroatoms. The topological polar surface area (TPSA) is 49.0 Å². The number of benzene rings is 2. The summed E-state index contributed by atoms with van der Waals surface area (Å²) < 4.78 is 13.8. The summed E-state index contributed by atoms with van der Waals surface area (Å²) in [7, 11) is 0. The molecule has 1 aliphatic heterocycles. The number of aromatic amines is 1. The molecule has 0 bridgehead atoms. The van der Waals surface area contributed by atoms with Crippen LogP contribution in [0.3, 0.4) is 0 Å². The van der Waals surface area contributed by atoms with E-state index < -0.39 is 0 Å². The molecule has 28 heavy (non-hydrogen) atoms. The van der Waals surface area contributed by atoms with Gasteiger partial charge in [0.05, 0.1) is 5.69 Å². The molecule has 0 saturated carbocycles. The summed E-state index contributed by atoms with van der Waals surface area (Å²) >= 11 is 0. The molecule has 2 aromatic carbocycles. The molecular formula is C23H24FN3O. The smallest absolute Gasteiger partial charge is 0.253 e. The van der Waals surface area contributed by atoms with Gasteiger partial charge in [-0.05, 0) is 67.0 Å². The molecule has 0 radical (unpaired) electrons. The van der Waals surface area contributed by atoms with Gasteiger partial charge in [0.25, 0.3) is 5.91 Å². The maximum atomic E-state index is 13.8. The van der Waals surface area contributed by atoms with Gasteiger partial charge < -0.3 is 4.90 Å². The Bertz CT molecular complexity index is 921. The molecule has 1 atom stereocenters. The van der Waals surface area contributed by atoms with Crippen molar-refractivity contribution in [3.05, 3.63) is 77.7 Å². The van der Waals surface area contributed by atoms with Crippen LogP contribution in [0.2, 0.25) is 0 Å². The number of halogens is 1. The van der Waals surface area contributed by atoms with Gasteiger partial charge in [0.1, 0.15) is 5.82 Å². The van der Waals surface area contributed by atoms with E-state index in [1.165, 1.54) is 6.07 Å². The summed E-state index contributed by atoms with van der Waals surface area (Å²) in [6, 6.07) is 16.5. The van der Waals surface area contributed by atoms with Gasteiger partial charge in [-0.15, -0.1) is 0 Å². The Morgan fingerprint density at radius 3 is 2.71 bits per heavy atom. The Hall–Kier alpha value is -2.95. The lowest BCUT2D eigenvalue weighted by Crippen LogP contribution is -2.40. The van der Waals surface area contributed by atoms with Crippen LogP contribution < -0.4 is 0 Å². The molecule has 3 aromatic rings. The number of aromatic nitrogens is 2. The number of carbonyl (C=O) groups is 1. The number of hydrogen-bond acceptors (Lipinski definition) is 2. The van der Waals surface area contributed by atoms with Crippen molar-refractivity contribution in [3.63, 3.8) is 0 Å². The molecule has 1 N–H and O–H groups in total. The van der Waals surface area contributed by atoms with Crippen molar-refractivity contribution in [2.45, 2.75) is 25.7 Å². The molecule has 0 aliphatic carbocycles. The molecule has 1 aliphatic rings. The van der Waals surface area contributed by atoms with E-state index in [1.54, 1.807) is 12.3 Å². The second kappa shape index (κ2) is 8.38. The number of likely N-dealkylation sites (tertiary alicyclic amines) is 1. The number of rotatable bonds is 5. The van der Waals surface area contributed by atoms with Crippen LogP contribution in [0.5, 0.6) is 0 Å². The van der Waals surface area contributed by atoms with E-state index in [4.69, 9.17) is 0 Å². The van der Waals surface area contributed by atoms with E-state index in [0.29, 0.717) is 11.5 Å². The average Bonchev–Trinajstić information content (AvgIpc) is 3.28. The summed E-state index contributed by atoms with van der Waals surface area (Å²) in [4.78, 5) is 14.9. The van der Waals surface area contributed by atoms with Crippen molar-refractivity contribution >= 4 is 5.91 Å². The SMILES string of the molecule is O=C(c1ccc(-c2ccn[nH]2)cc1)N1CCCC(CCc2ccccc2F)C1. The minimum atomic E-state index is -0.136. The van der Waals surface area contributed by atoms with Gasteiger partial charge in [-0.2, -0.15) is 5.10 Å². The van der Waals surface area contributed by atoms with E-state index in [1.807, 2.05) is 47.4 Å². The Kier molecular flexibility index (Phi) is 5.51. The van der Waals surface area contributed by atoms with Crippen molar-refractivity contribution < 1.29 is 9.18 Å². The Morgan fingerprint density at radius 1 is 1.14 bits per heavy atom. The van der Waals surface area contributed by atoms with Gasteiger partial charge in [0, 0.05) is 24.8 Å². The first-order valence-electron chi connectivity index (χ1n) is 9.83. The summed E-state index contributed by atoms with van der Waals surface area (Å²) in [5.74, 6) is 0.358. The Labute approximate surface area is 164 Å². The molecule has 4 nitrogen and oxygen atoms in total. The summed E-state index contributed by atoms with van der Waals surface area (Å²) in [6.45, 7) is 1.53. The van der Waals surface area contributed by atoms with Gasteiger partial charge in [-0.25, -0.2) is 4.39 Å². The van der Waals surface area contributed by atoms with Crippen molar-refractivity contribution in [1.29, 1.82) is 0 Å². The van der Waals surface area contributed by atoms with Crippen LogP contribution in [0, 0.1) is 11.7 Å². The highest BCUT2D eigenvalue weighted by Gasteiger charge is 2.24. The van der Waals surface area contributed by atoms with Crippen molar-refractivity contribution in [2.24, 2.45) is 5.92 Å². The van der Waals surface area contributed by atoms with E-state index in [0.717, 1.165) is 55.6 Å². The quantitative estimate of drug-likeness (QED) is 0.701. The number of nitrogens with zero attached hydrogens (tertiary/aromatic N) is 2. The molecule has 1 aromatic heterocycles. The second-order valence-electron chi connectivity index (χ2n) is 7.44. The number of amides is 1. The van der Waals surface area contributed by atoms with E-state index in [2.05, 4.69) is 10.2 Å². The molecule has 2 heterocycles. The normalized spacial score (nSPS) is 16.9. The predicted molar refractivity (Wildman–Crippen MR) is 107 cm³/mol. The highest BCUT2D eigenvalue weighted by molar-refractivity contribution is 5.94. The van der Waals surface area contributed by atoms with Crippen molar-refractivity contribution in [1.82, 2.24) is 15.1 Å².